The molecule has 2 rings (SSSR count). The van der Waals surface area contributed by atoms with Crippen molar-refractivity contribution in [2.45, 2.75) is 6.42 Å². The first-order valence-electron chi connectivity index (χ1n) is 5.59. The number of carbonyl (C=O) groups is 1. The summed E-state index contributed by atoms with van der Waals surface area (Å²) in [6.07, 6.45) is 1.43. The number of methoxy groups -OCH3 is 1. The molecule has 19 heavy (non-hydrogen) atoms. The molecule has 0 saturated heterocycles. The largest absolute Gasteiger partial charge is 0.496 e. The molecule has 0 spiro atoms. The highest BCUT2D eigenvalue weighted by Crippen LogP contribution is 2.29. The van der Waals surface area contributed by atoms with E-state index in [9.17, 15) is 9.18 Å². The van der Waals surface area contributed by atoms with Gasteiger partial charge in [0.1, 0.15) is 17.4 Å². The number of aromatic nitrogens is 2. The van der Waals surface area contributed by atoms with Gasteiger partial charge in [-0.3, -0.25) is 4.79 Å². The molecule has 0 aliphatic rings. The molecule has 0 amide bonds. The Kier molecular flexibility index (Phi) is 3.50. The number of halogens is 1. The summed E-state index contributed by atoms with van der Waals surface area (Å²) in [6, 6.07) is 4.12. The summed E-state index contributed by atoms with van der Waals surface area (Å²) < 4.78 is 20.1. The van der Waals surface area contributed by atoms with E-state index in [1.807, 2.05) is 0 Å². The molecule has 0 saturated carbocycles. The normalized spacial score (nSPS) is 10.5. The van der Waals surface area contributed by atoms with Gasteiger partial charge in [-0.25, -0.2) is 9.37 Å². The quantitative estimate of drug-likeness (QED) is 0.915. The Labute approximate surface area is 109 Å². The predicted octanol–water partition coefficient (Wildman–Crippen LogP) is 1.86. The third-order valence-corrected chi connectivity index (χ3v) is 2.66. The Hall–Kier alpha value is -2.37. The number of benzene rings is 1. The number of hydrogen-bond donors (Lipinski definition) is 1. The van der Waals surface area contributed by atoms with Crippen LogP contribution in [0.1, 0.15) is 5.69 Å². The van der Waals surface area contributed by atoms with Crippen molar-refractivity contribution in [3.8, 4) is 17.1 Å². The summed E-state index contributed by atoms with van der Waals surface area (Å²) in [6.45, 7) is 0. The number of nitrogens with zero attached hydrogens (tertiary/aromatic N) is 2. The molecule has 5 nitrogen and oxygen atoms in total. The lowest BCUT2D eigenvalue weighted by Gasteiger charge is -2.08. The minimum Gasteiger partial charge on any atom is -0.496 e. The summed E-state index contributed by atoms with van der Waals surface area (Å²) in [5.41, 5.74) is 0.901. The SMILES string of the molecule is COc1ccc(F)cc1-c1nc(CC(=O)O)cn1C. The Bertz CT molecular complexity index is 622. The second-order valence-electron chi connectivity index (χ2n) is 4.08. The smallest absolute Gasteiger partial charge is 0.309 e. The van der Waals surface area contributed by atoms with Crippen LogP contribution in [0.5, 0.6) is 5.75 Å². The lowest BCUT2D eigenvalue weighted by atomic mass is 10.2. The predicted molar refractivity (Wildman–Crippen MR) is 66.5 cm³/mol. The fourth-order valence-corrected chi connectivity index (χ4v) is 1.87. The first-order chi connectivity index (χ1) is 9.01. The molecule has 100 valence electrons. The van der Waals surface area contributed by atoms with Crippen LogP contribution in [-0.4, -0.2) is 27.7 Å². The molecule has 1 heterocycles. The first-order valence-corrected chi connectivity index (χ1v) is 5.59. The van der Waals surface area contributed by atoms with Crippen molar-refractivity contribution >= 4 is 5.97 Å². The van der Waals surface area contributed by atoms with E-state index in [0.717, 1.165) is 0 Å². The third kappa shape index (κ3) is 2.73. The van der Waals surface area contributed by atoms with Gasteiger partial charge in [-0.2, -0.15) is 0 Å². The van der Waals surface area contributed by atoms with E-state index in [0.29, 0.717) is 22.8 Å². The monoisotopic (exact) mass is 264 g/mol. The average Bonchev–Trinajstić information content (AvgIpc) is 2.69. The molecule has 0 atom stereocenters. The summed E-state index contributed by atoms with van der Waals surface area (Å²) in [5.74, 6) is -0.418. The maximum absolute atomic E-state index is 13.3. The van der Waals surface area contributed by atoms with Crippen LogP contribution in [0.2, 0.25) is 0 Å². The number of rotatable bonds is 4. The van der Waals surface area contributed by atoms with E-state index in [4.69, 9.17) is 9.84 Å². The number of imidazole rings is 1. The molecule has 1 aromatic carbocycles. The topological polar surface area (TPSA) is 64.3 Å². The maximum atomic E-state index is 13.3. The number of ether oxygens (including phenoxy) is 1. The van der Waals surface area contributed by atoms with Gasteiger partial charge in [0.05, 0.1) is 24.8 Å². The number of hydrogen-bond acceptors (Lipinski definition) is 3. The Morgan fingerprint density at radius 2 is 2.26 bits per heavy atom. The van der Waals surface area contributed by atoms with E-state index in [-0.39, 0.29) is 6.42 Å². The highest BCUT2D eigenvalue weighted by molar-refractivity contribution is 5.70. The Morgan fingerprint density at radius 1 is 1.53 bits per heavy atom. The van der Waals surface area contributed by atoms with E-state index < -0.39 is 11.8 Å². The van der Waals surface area contributed by atoms with Gasteiger partial charge < -0.3 is 14.4 Å². The zero-order chi connectivity index (χ0) is 14.0. The van der Waals surface area contributed by atoms with E-state index in [2.05, 4.69) is 4.98 Å². The summed E-state index contributed by atoms with van der Waals surface area (Å²) in [4.78, 5) is 14.9. The molecule has 0 aliphatic heterocycles. The van der Waals surface area contributed by atoms with E-state index in [1.54, 1.807) is 17.8 Å². The molecule has 1 aromatic heterocycles. The van der Waals surface area contributed by atoms with Crippen molar-refractivity contribution in [3.63, 3.8) is 0 Å². The van der Waals surface area contributed by atoms with Crippen molar-refractivity contribution in [3.05, 3.63) is 35.9 Å². The Morgan fingerprint density at radius 3 is 2.89 bits per heavy atom. The Balaban J connectivity index is 2.49. The molecular weight excluding hydrogens is 251 g/mol. The maximum Gasteiger partial charge on any atom is 0.309 e. The zero-order valence-corrected chi connectivity index (χ0v) is 10.6. The van der Waals surface area contributed by atoms with Crippen LogP contribution in [0.15, 0.2) is 24.4 Å². The average molecular weight is 264 g/mol. The van der Waals surface area contributed by atoms with Crippen LogP contribution in [0, 0.1) is 5.82 Å². The minimum absolute atomic E-state index is 0.175. The van der Waals surface area contributed by atoms with Crippen molar-refractivity contribution in [1.82, 2.24) is 9.55 Å². The van der Waals surface area contributed by atoms with Gasteiger partial charge in [-0.05, 0) is 18.2 Å². The molecule has 0 bridgehead atoms. The lowest BCUT2D eigenvalue weighted by molar-refractivity contribution is -0.136. The fraction of sp³-hybridized carbons (Fsp3) is 0.231. The van der Waals surface area contributed by atoms with Gasteiger partial charge in [-0.15, -0.1) is 0 Å². The molecule has 0 radical (unpaired) electrons. The number of aryl methyl sites for hydroxylation is 1. The van der Waals surface area contributed by atoms with Crippen LogP contribution in [0.25, 0.3) is 11.4 Å². The van der Waals surface area contributed by atoms with E-state index >= 15 is 0 Å². The van der Waals surface area contributed by atoms with E-state index in [1.165, 1.54) is 25.3 Å². The van der Waals surface area contributed by atoms with Gasteiger partial charge in [0.2, 0.25) is 0 Å². The highest BCUT2D eigenvalue weighted by atomic mass is 19.1. The van der Waals surface area contributed by atoms with Crippen LogP contribution >= 0.6 is 0 Å². The highest BCUT2D eigenvalue weighted by Gasteiger charge is 2.15. The van der Waals surface area contributed by atoms with Crippen molar-refractivity contribution in [2.75, 3.05) is 7.11 Å². The van der Waals surface area contributed by atoms with Crippen LogP contribution in [-0.2, 0) is 18.3 Å². The third-order valence-electron chi connectivity index (χ3n) is 2.66. The summed E-state index contributed by atoms with van der Waals surface area (Å²) in [5, 5.41) is 8.75. The van der Waals surface area contributed by atoms with Gasteiger partial charge in [0, 0.05) is 13.2 Å². The van der Waals surface area contributed by atoms with Gasteiger partial charge in [-0.1, -0.05) is 0 Å². The van der Waals surface area contributed by atoms with Crippen molar-refractivity contribution in [2.24, 2.45) is 7.05 Å². The second kappa shape index (κ2) is 5.09. The van der Waals surface area contributed by atoms with Crippen LogP contribution in [0.4, 0.5) is 4.39 Å². The minimum atomic E-state index is -0.962. The molecule has 6 heteroatoms. The first kappa shape index (κ1) is 13.1. The van der Waals surface area contributed by atoms with Crippen LogP contribution < -0.4 is 4.74 Å². The molecular formula is C13H13FN2O3. The number of carboxylic acid groups (broad SMARTS) is 1. The van der Waals surface area contributed by atoms with Gasteiger partial charge in [0.15, 0.2) is 0 Å². The molecule has 0 aliphatic carbocycles. The van der Waals surface area contributed by atoms with Gasteiger partial charge >= 0.3 is 5.97 Å². The van der Waals surface area contributed by atoms with Crippen LogP contribution in [0.3, 0.4) is 0 Å². The number of aliphatic carboxylic acids is 1. The molecule has 0 unspecified atom stereocenters. The summed E-state index contributed by atoms with van der Waals surface area (Å²) in [7, 11) is 3.20. The fourth-order valence-electron chi connectivity index (χ4n) is 1.87. The lowest BCUT2D eigenvalue weighted by Crippen LogP contribution is -2.00. The number of carboxylic acids is 1. The van der Waals surface area contributed by atoms with Gasteiger partial charge in [0.25, 0.3) is 0 Å². The standard InChI is InChI=1S/C13H13FN2O3/c1-16-7-9(6-12(17)18)15-13(16)10-5-8(14)3-4-11(10)19-2/h3-5,7H,6H2,1-2H3,(H,17,18). The van der Waals surface area contributed by atoms with Crippen molar-refractivity contribution < 1.29 is 19.0 Å². The molecule has 2 aromatic rings. The molecule has 1 N–H and O–H groups in total. The zero-order valence-electron chi connectivity index (χ0n) is 10.6. The van der Waals surface area contributed by atoms with Crippen molar-refractivity contribution in [1.29, 1.82) is 0 Å². The second-order valence-corrected chi connectivity index (χ2v) is 4.08. The summed E-state index contributed by atoms with van der Waals surface area (Å²) >= 11 is 0. The molecule has 0 fully saturated rings.